The summed E-state index contributed by atoms with van der Waals surface area (Å²) in [6.45, 7) is 0. The van der Waals surface area contributed by atoms with Crippen LogP contribution in [0, 0.1) is 23.7 Å². The molecule has 3 aliphatic rings. The van der Waals surface area contributed by atoms with Crippen LogP contribution in [0.3, 0.4) is 0 Å². The number of benzene rings is 3. The van der Waals surface area contributed by atoms with Crippen LogP contribution in [-0.2, 0) is 9.59 Å². The van der Waals surface area contributed by atoms with Gasteiger partial charge in [0, 0.05) is 11.8 Å². The molecule has 4 nitrogen and oxygen atoms in total. The highest BCUT2D eigenvalue weighted by molar-refractivity contribution is 6.23. The fourth-order valence-electron chi connectivity index (χ4n) is 5.79. The van der Waals surface area contributed by atoms with E-state index in [0.29, 0.717) is 11.4 Å². The van der Waals surface area contributed by atoms with Crippen molar-refractivity contribution in [3.05, 3.63) is 114 Å². The van der Waals surface area contributed by atoms with E-state index in [4.69, 9.17) is 4.74 Å². The minimum Gasteiger partial charge on any atom is -0.497 e. The predicted molar refractivity (Wildman–Crippen MR) is 127 cm³/mol. The standard InChI is InChI=1S/C29H23NO3/c1-33-21-14-12-20(13-15-21)30-28(31)26-22-16-17-23(27(26)29(30)32)25(22)24(18-8-4-2-5-9-18)19-10-6-3-7-11-19/h2-17,22-23,26-27H,1H3/t22-,23+,26+,27-. The van der Waals surface area contributed by atoms with Crippen LogP contribution >= 0.6 is 0 Å². The maximum atomic E-state index is 13.6. The highest BCUT2D eigenvalue weighted by Gasteiger charge is 2.62. The largest absolute Gasteiger partial charge is 0.497 e. The molecule has 1 heterocycles. The van der Waals surface area contributed by atoms with Gasteiger partial charge in [-0.3, -0.25) is 9.59 Å². The third kappa shape index (κ3) is 2.91. The lowest BCUT2D eigenvalue weighted by Crippen LogP contribution is -2.33. The molecule has 2 bridgehead atoms. The summed E-state index contributed by atoms with van der Waals surface area (Å²) in [6, 6.07) is 27.7. The van der Waals surface area contributed by atoms with E-state index in [1.54, 1.807) is 31.4 Å². The van der Waals surface area contributed by atoms with Gasteiger partial charge in [0.15, 0.2) is 0 Å². The predicted octanol–water partition coefficient (Wildman–Crippen LogP) is 5.12. The number of imide groups is 1. The van der Waals surface area contributed by atoms with Gasteiger partial charge in [0.2, 0.25) is 11.8 Å². The first-order chi connectivity index (χ1) is 16.2. The van der Waals surface area contributed by atoms with Crippen molar-refractivity contribution in [1.82, 2.24) is 0 Å². The molecule has 0 aromatic heterocycles. The average molecular weight is 434 g/mol. The summed E-state index contributed by atoms with van der Waals surface area (Å²) in [7, 11) is 1.60. The second-order valence-electron chi connectivity index (χ2n) is 8.76. The van der Waals surface area contributed by atoms with Gasteiger partial charge in [-0.2, -0.15) is 0 Å². The van der Waals surface area contributed by atoms with Gasteiger partial charge in [-0.15, -0.1) is 0 Å². The maximum absolute atomic E-state index is 13.6. The van der Waals surface area contributed by atoms with Gasteiger partial charge in [-0.1, -0.05) is 72.8 Å². The van der Waals surface area contributed by atoms with E-state index < -0.39 is 0 Å². The summed E-state index contributed by atoms with van der Waals surface area (Å²) >= 11 is 0. The monoisotopic (exact) mass is 433 g/mol. The fraction of sp³-hybridized carbons (Fsp3) is 0.172. The van der Waals surface area contributed by atoms with E-state index in [0.717, 1.165) is 16.7 Å². The first-order valence-corrected chi connectivity index (χ1v) is 11.2. The number of hydrogen-bond donors (Lipinski definition) is 0. The van der Waals surface area contributed by atoms with E-state index in [1.165, 1.54) is 10.5 Å². The minimum atomic E-state index is -0.355. The van der Waals surface area contributed by atoms with Crippen molar-refractivity contribution in [2.24, 2.45) is 23.7 Å². The van der Waals surface area contributed by atoms with E-state index in [1.807, 2.05) is 36.4 Å². The van der Waals surface area contributed by atoms with Crippen LogP contribution in [0.5, 0.6) is 5.75 Å². The molecular weight excluding hydrogens is 410 g/mol. The summed E-state index contributed by atoms with van der Waals surface area (Å²) in [6.07, 6.45) is 4.27. The van der Waals surface area contributed by atoms with Crippen molar-refractivity contribution in [3.8, 4) is 5.75 Å². The number of allylic oxidation sites excluding steroid dienone is 3. The number of anilines is 1. The van der Waals surface area contributed by atoms with Crippen molar-refractivity contribution in [1.29, 1.82) is 0 Å². The van der Waals surface area contributed by atoms with Gasteiger partial charge in [-0.25, -0.2) is 4.90 Å². The minimum absolute atomic E-state index is 0.0740. The van der Waals surface area contributed by atoms with Crippen molar-refractivity contribution in [3.63, 3.8) is 0 Å². The first-order valence-electron chi connectivity index (χ1n) is 11.2. The van der Waals surface area contributed by atoms with Crippen molar-refractivity contribution in [2.75, 3.05) is 12.0 Å². The van der Waals surface area contributed by atoms with Crippen molar-refractivity contribution in [2.45, 2.75) is 0 Å². The van der Waals surface area contributed by atoms with Crippen LogP contribution < -0.4 is 9.64 Å². The smallest absolute Gasteiger partial charge is 0.238 e. The van der Waals surface area contributed by atoms with Crippen LogP contribution in [0.2, 0.25) is 0 Å². The number of fused-ring (bicyclic) bond motifs is 5. The van der Waals surface area contributed by atoms with E-state index in [-0.39, 0.29) is 35.5 Å². The number of hydrogen-bond acceptors (Lipinski definition) is 3. The molecule has 162 valence electrons. The molecule has 6 rings (SSSR count). The summed E-state index contributed by atoms with van der Waals surface area (Å²) in [5, 5.41) is 0. The Morgan fingerprint density at radius 1 is 0.697 bits per heavy atom. The van der Waals surface area contributed by atoms with Crippen LogP contribution in [0.4, 0.5) is 5.69 Å². The fourth-order valence-corrected chi connectivity index (χ4v) is 5.79. The van der Waals surface area contributed by atoms with Gasteiger partial charge in [0.05, 0.1) is 24.6 Å². The van der Waals surface area contributed by atoms with Gasteiger partial charge >= 0.3 is 0 Å². The van der Waals surface area contributed by atoms with Crippen LogP contribution in [0.15, 0.2) is 103 Å². The molecule has 4 heteroatoms. The normalized spacial score (nSPS) is 25.0. The Hall–Kier alpha value is -3.92. The number of carbonyl (C=O) groups excluding carboxylic acids is 2. The molecule has 33 heavy (non-hydrogen) atoms. The quantitative estimate of drug-likeness (QED) is 0.424. The Kier molecular flexibility index (Phi) is 4.54. The van der Waals surface area contributed by atoms with E-state index in [9.17, 15) is 9.59 Å². The molecule has 1 aliphatic heterocycles. The lowest BCUT2D eigenvalue weighted by Gasteiger charge is -2.21. The molecule has 4 atom stereocenters. The summed E-state index contributed by atoms with van der Waals surface area (Å²) in [5.74, 6) is -0.375. The number of carbonyl (C=O) groups is 2. The SMILES string of the molecule is COc1ccc(N2C(=O)[C@@H]3[C@H](C2=O)[C@H]2C=C[C@@H]3C2=C(c2ccccc2)c2ccccc2)cc1. The molecule has 0 radical (unpaired) electrons. The number of ether oxygens (including phenoxy) is 1. The third-order valence-corrected chi connectivity index (χ3v) is 7.16. The Morgan fingerprint density at radius 2 is 1.18 bits per heavy atom. The second-order valence-corrected chi connectivity index (χ2v) is 8.76. The van der Waals surface area contributed by atoms with Gasteiger partial charge in [0.1, 0.15) is 5.75 Å². The zero-order chi connectivity index (χ0) is 22.5. The number of methoxy groups -OCH3 is 1. The van der Waals surface area contributed by atoms with Gasteiger partial charge in [-0.05, 0) is 46.5 Å². The summed E-state index contributed by atoms with van der Waals surface area (Å²) in [4.78, 5) is 28.6. The maximum Gasteiger partial charge on any atom is 0.238 e. The molecule has 3 aromatic carbocycles. The van der Waals surface area contributed by atoms with Crippen molar-refractivity contribution < 1.29 is 14.3 Å². The molecule has 1 saturated carbocycles. The lowest BCUT2D eigenvalue weighted by atomic mass is 9.85. The lowest BCUT2D eigenvalue weighted by molar-refractivity contribution is -0.122. The topological polar surface area (TPSA) is 46.6 Å². The highest BCUT2D eigenvalue weighted by Crippen LogP contribution is 2.58. The molecule has 2 amide bonds. The van der Waals surface area contributed by atoms with Gasteiger partial charge in [0.25, 0.3) is 0 Å². The van der Waals surface area contributed by atoms with Crippen LogP contribution in [0.25, 0.3) is 5.57 Å². The second kappa shape index (κ2) is 7.59. The Bertz CT molecular complexity index is 1220. The Morgan fingerprint density at radius 3 is 1.64 bits per heavy atom. The molecule has 0 N–H and O–H groups in total. The van der Waals surface area contributed by atoms with Crippen molar-refractivity contribution >= 4 is 23.1 Å². The van der Waals surface area contributed by atoms with Crippen LogP contribution in [-0.4, -0.2) is 18.9 Å². The van der Waals surface area contributed by atoms with E-state index >= 15 is 0 Å². The molecule has 2 aliphatic carbocycles. The summed E-state index contributed by atoms with van der Waals surface area (Å²) in [5.41, 5.74) is 5.17. The van der Waals surface area contributed by atoms with Gasteiger partial charge < -0.3 is 4.74 Å². The first kappa shape index (κ1) is 19.7. The average Bonchev–Trinajstić information content (AvgIpc) is 3.50. The molecule has 0 unspecified atom stereocenters. The molecule has 1 saturated heterocycles. The molecule has 2 fully saturated rings. The number of rotatable bonds is 4. The zero-order valence-electron chi connectivity index (χ0n) is 18.2. The number of amides is 2. The third-order valence-electron chi connectivity index (χ3n) is 7.16. The molecular formula is C29H23NO3. The van der Waals surface area contributed by atoms with Crippen LogP contribution in [0.1, 0.15) is 11.1 Å². The Balaban J connectivity index is 1.46. The number of nitrogens with zero attached hydrogens (tertiary/aromatic N) is 1. The summed E-state index contributed by atoms with van der Waals surface area (Å²) < 4.78 is 5.22. The highest BCUT2D eigenvalue weighted by atomic mass is 16.5. The molecule has 3 aromatic rings. The van der Waals surface area contributed by atoms with E-state index in [2.05, 4.69) is 36.4 Å². The zero-order valence-corrected chi connectivity index (χ0v) is 18.2. The molecule has 0 spiro atoms. The Labute approximate surface area is 192 Å².